The fourth-order valence-corrected chi connectivity index (χ4v) is 4.04. The molecule has 0 radical (unpaired) electrons. The van der Waals surface area contributed by atoms with Crippen LogP contribution in [0.1, 0.15) is 10.8 Å². The summed E-state index contributed by atoms with van der Waals surface area (Å²) in [5.74, 6) is 0. The van der Waals surface area contributed by atoms with E-state index >= 15 is 0 Å². The Bertz CT molecular complexity index is 699. The van der Waals surface area contributed by atoms with Crippen molar-refractivity contribution in [2.75, 3.05) is 6.54 Å². The molecule has 20 heavy (non-hydrogen) atoms. The molecular weight excluding hydrogens is 317 g/mol. The Kier molecular flexibility index (Phi) is 4.70. The van der Waals surface area contributed by atoms with Gasteiger partial charge in [-0.25, -0.2) is 8.42 Å². The lowest BCUT2D eigenvalue weighted by atomic mass is 10.1. The summed E-state index contributed by atoms with van der Waals surface area (Å²) in [4.78, 5) is 0.178. The van der Waals surface area contributed by atoms with E-state index in [0.29, 0.717) is 15.6 Å². The maximum Gasteiger partial charge on any atom is 0.186 e. The van der Waals surface area contributed by atoms with E-state index in [1.165, 1.54) is 24.3 Å². The Morgan fingerprint density at radius 3 is 2.15 bits per heavy atom. The third-order valence-electron chi connectivity index (χ3n) is 2.98. The lowest BCUT2D eigenvalue weighted by Crippen LogP contribution is -2.22. The minimum Gasteiger partial charge on any atom is -0.329 e. The predicted molar refractivity (Wildman–Crippen MR) is 81.9 cm³/mol. The van der Waals surface area contributed by atoms with Crippen molar-refractivity contribution in [3.05, 3.63) is 64.1 Å². The molecule has 1 unspecified atom stereocenters. The maximum absolute atomic E-state index is 12.6. The quantitative estimate of drug-likeness (QED) is 0.934. The highest BCUT2D eigenvalue weighted by Crippen LogP contribution is 2.32. The van der Waals surface area contributed by atoms with Gasteiger partial charge in [0.1, 0.15) is 5.25 Å². The molecule has 0 aliphatic rings. The van der Waals surface area contributed by atoms with Gasteiger partial charge in [0, 0.05) is 16.6 Å². The lowest BCUT2D eigenvalue weighted by molar-refractivity contribution is 0.582. The minimum absolute atomic E-state index is 0.0469. The van der Waals surface area contributed by atoms with Crippen molar-refractivity contribution in [2.45, 2.75) is 10.1 Å². The Balaban J connectivity index is 2.51. The molecule has 0 aliphatic heterocycles. The summed E-state index contributed by atoms with van der Waals surface area (Å²) in [6, 6.07) is 12.8. The van der Waals surface area contributed by atoms with Crippen LogP contribution in [0.25, 0.3) is 0 Å². The summed E-state index contributed by atoms with van der Waals surface area (Å²) in [5, 5.41) is -0.0103. The third kappa shape index (κ3) is 2.99. The molecule has 6 heteroatoms. The maximum atomic E-state index is 12.6. The zero-order valence-corrected chi connectivity index (χ0v) is 12.8. The second-order valence-corrected chi connectivity index (χ2v) is 7.22. The van der Waals surface area contributed by atoms with Gasteiger partial charge >= 0.3 is 0 Å². The summed E-state index contributed by atoms with van der Waals surface area (Å²) in [6.07, 6.45) is 0. The Labute approximate surface area is 128 Å². The van der Waals surface area contributed by atoms with Gasteiger partial charge < -0.3 is 5.73 Å². The molecule has 2 N–H and O–H groups in total. The van der Waals surface area contributed by atoms with Crippen molar-refractivity contribution < 1.29 is 8.42 Å². The van der Waals surface area contributed by atoms with E-state index < -0.39 is 15.1 Å². The number of hydrogen-bond donors (Lipinski definition) is 1. The molecule has 2 rings (SSSR count). The Morgan fingerprint density at radius 1 is 1.00 bits per heavy atom. The average molecular weight is 330 g/mol. The Hall–Kier alpha value is -1.07. The van der Waals surface area contributed by atoms with Crippen LogP contribution in [0.3, 0.4) is 0 Å². The van der Waals surface area contributed by atoms with Gasteiger partial charge in [-0.2, -0.15) is 0 Å². The van der Waals surface area contributed by atoms with Crippen LogP contribution in [-0.4, -0.2) is 15.0 Å². The molecule has 0 spiro atoms. The van der Waals surface area contributed by atoms with E-state index in [4.69, 9.17) is 28.9 Å². The van der Waals surface area contributed by atoms with Crippen LogP contribution in [-0.2, 0) is 9.84 Å². The first-order valence-corrected chi connectivity index (χ1v) is 8.21. The molecule has 0 saturated heterocycles. The number of nitrogens with two attached hydrogens (primary N) is 1. The van der Waals surface area contributed by atoms with Crippen molar-refractivity contribution in [1.82, 2.24) is 0 Å². The van der Waals surface area contributed by atoms with Gasteiger partial charge in [-0.3, -0.25) is 0 Å². The van der Waals surface area contributed by atoms with E-state index in [9.17, 15) is 8.42 Å². The minimum atomic E-state index is -3.61. The molecule has 0 bridgehead atoms. The van der Waals surface area contributed by atoms with E-state index in [2.05, 4.69) is 0 Å². The highest BCUT2D eigenvalue weighted by molar-refractivity contribution is 7.91. The first-order chi connectivity index (χ1) is 9.46. The third-order valence-corrected chi connectivity index (χ3v) is 5.70. The fourth-order valence-electron chi connectivity index (χ4n) is 1.95. The second kappa shape index (κ2) is 6.14. The molecule has 0 heterocycles. The molecule has 0 saturated carbocycles. The average Bonchev–Trinajstić information content (AvgIpc) is 2.42. The zero-order valence-electron chi connectivity index (χ0n) is 10.5. The summed E-state index contributed by atoms with van der Waals surface area (Å²) in [6.45, 7) is -0.0469. The van der Waals surface area contributed by atoms with Crippen LogP contribution in [0.5, 0.6) is 0 Å². The molecule has 0 aliphatic carbocycles. The summed E-state index contributed by atoms with van der Waals surface area (Å²) < 4.78 is 25.3. The molecule has 106 valence electrons. The molecular formula is C14H13Cl2NO2S. The molecule has 0 fully saturated rings. The van der Waals surface area contributed by atoms with Crippen molar-refractivity contribution in [3.8, 4) is 0 Å². The van der Waals surface area contributed by atoms with E-state index in [1.807, 2.05) is 0 Å². The van der Waals surface area contributed by atoms with Gasteiger partial charge in [0.15, 0.2) is 9.84 Å². The standard InChI is InChI=1S/C14H13Cl2NO2S/c15-10-5-7-11(8-6-10)20(18,19)14(9-17)12-3-1-2-4-13(12)16/h1-8,14H,9,17H2. The lowest BCUT2D eigenvalue weighted by Gasteiger charge is -2.17. The monoisotopic (exact) mass is 329 g/mol. The first-order valence-electron chi connectivity index (χ1n) is 5.91. The SMILES string of the molecule is NCC(c1ccccc1Cl)S(=O)(=O)c1ccc(Cl)cc1. The van der Waals surface area contributed by atoms with Crippen LogP contribution in [0, 0.1) is 0 Å². The van der Waals surface area contributed by atoms with Crippen LogP contribution >= 0.6 is 23.2 Å². The number of hydrogen-bond acceptors (Lipinski definition) is 3. The van der Waals surface area contributed by atoms with Crippen LogP contribution in [0.4, 0.5) is 0 Å². The topological polar surface area (TPSA) is 60.2 Å². The van der Waals surface area contributed by atoms with Crippen molar-refractivity contribution in [3.63, 3.8) is 0 Å². The molecule has 0 amide bonds. The highest BCUT2D eigenvalue weighted by atomic mass is 35.5. The van der Waals surface area contributed by atoms with E-state index in [0.717, 1.165) is 0 Å². The van der Waals surface area contributed by atoms with Crippen LogP contribution < -0.4 is 5.73 Å². The zero-order chi connectivity index (χ0) is 14.8. The number of rotatable bonds is 4. The Morgan fingerprint density at radius 2 is 1.60 bits per heavy atom. The normalized spacial score (nSPS) is 13.2. The number of halogens is 2. The van der Waals surface area contributed by atoms with Gasteiger partial charge in [0.25, 0.3) is 0 Å². The largest absolute Gasteiger partial charge is 0.329 e. The molecule has 3 nitrogen and oxygen atoms in total. The molecule has 1 atom stereocenters. The molecule has 2 aromatic rings. The van der Waals surface area contributed by atoms with Crippen molar-refractivity contribution in [1.29, 1.82) is 0 Å². The predicted octanol–water partition coefficient (Wildman–Crippen LogP) is 3.47. The first kappa shape index (κ1) is 15.3. The van der Waals surface area contributed by atoms with Crippen molar-refractivity contribution in [2.24, 2.45) is 5.73 Å². The summed E-state index contributed by atoms with van der Waals surface area (Å²) >= 11 is 11.9. The van der Waals surface area contributed by atoms with Crippen LogP contribution in [0.15, 0.2) is 53.4 Å². The van der Waals surface area contributed by atoms with E-state index in [-0.39, 0.29) is 11.4 Å². The smallest absolute Gasteiger partial charge is 0.186 e. The second-order valence-electron chi connectivity index (χ2n) is 4.24. The van der Waals surface area contributed by atoms with Crippen LogP contribution in [0.2, 0.25) is 10.0 Å². The van der Waals surface area contributed by atoms with Gasteiger partial charge in [-0.1, -0.05) is 41.4 Å². The van der Waals surface area contributed by atoms with E-state index in [1.54, 1.807) is 24.3 Å². The van der Waals surface area contributed by atoms with Crippen molar-refractivity contribution >= 4 is 33.0 Å². The molecule has 2 aromatic carbocycles. The van der Waals surface area contributed by atoms with Gasteiger partial charge in [-0.05, 0) is 35.9 Å². The summed E-state index contributed by atoms with van der Waals surface area (Å²) in [5.41, 5.74) is 6.17. The number of sulfone groups is 1. The number of benzene rings is 2. The van der Waals surface area contributed by atoms with Gasteiger partial charge in [0.2, 0.25) is 0 Å². The highest BCUT2D eigenvalue weighted by Gasteiger charge is 2.29. The summed E-state index contributed by atoms with van der Waals surface area (Å²) in [7, 11) is -3.61. The fraction of sp³-hybridized carbons (Fsp3) is 0.143. The van der Waals surface area contributed by atoms with Gasteiger partial charge in [0.05, 0.1) is 4.90 Å². The molecule has 0 aromatic heterocycles. The van der Waals surface area contributed by atoms with Gasteiger partial charge in [-0.15, -0.1) is 0 Å².